The van der Waals surface area contributed by atoms with E-state index in [1.165, 1.54) is 38.9 Å². The van der Waals surface area contributed by atoms with E-state index in [1.807, 2.05) is 6.08 Å². The molecule has 5 rings (SSSR count). The van der Waals surface area contributed by atoms with Crippen LogP contribution in [0.1, 0.15) is 16.7 Å². The normalized spacial score (nSPS) is 16.5. The number of allylic oxidation sites excluding steroid dienone is 1. The molecule has 0 radical (unpaired) electrons. The highest BCUT2D eigenvalue weighted by Crippen LogP contribution is 2.44. The van der Waals surface area contributed by atoms with Crippen molar-refractivity contribution in [3.63, 3.8) is 0 Å². The highest BCUT2D eigenvalue weighted by Gasteiger charge is 2.26. The zero-order valence-electron chi connectivity index (χ0n) is 15.3. The van der Waals surface area contributed by atoms with Crippen LogP contribution in [0.15, 0.2) is 73.3 Å². The zero-order chi connectivity index (χ0) is 18.2. The number of benzene rings is 3. The van der Waals surface area contributed by atoms with Crippen molar-refractivity contribution in [3.8, 4) is 28.0 Å². The van der Waals surface area contributed by atoms with Gasteiger partial charge in [-0.1, -0.05) is 66.7 Å². The molecule has 1 aliphatic heterocycles. The van der Waals surface area contributed by atoms with Gasteiger partial charge < -0.3 is 9.47 Å². The number of fused-ring (bicyclic) bond motifs is 3. The molecule has 1 atom stereocenters. The topological polar surface area (TPSA) is 21.8 Å². The molecule has 1 saturated heterocycles. The molecule has 1 unspecified atom stereocenters. The van der Waals surface area contributed by atoms with E-state index >= 15 is 0 Å². The molecular weight excluding hydrogens is 332 g/mol. The van der Waals surface area contributed by atoms with Gasteiger partial charge in [-0.3, -0.25) is 0 Å². The maximum absolute atomic E-state index is 6.26. The third-order valence-corrected chi connectivity index (χ3v) is 5.42. The third-order valence-electron chi connectivity index (χ3n) is 5.42. The van der Waals surface area contributed by atoms with Crippen LogP contribution in [0.5, 0.6) is 5.75 Å². The molecule has 2 aliphatic rings. The minimum atomic E-state index is 0.236. The predicted molar refractivity (Wildman–Crippen MR) is 109 cm³/mol. The summed E-state index contributed by atoms with van der Waals surface area (Å²) in [4.78, 5) is 0. The van der Waals surface area contributed by atoms with Gasteiger partial charge in [-0.05, 0) is 46.2 Å². The van der Waals surface area contributed by atoms with E-state index < -0.39 is 0 Å². The van der Waals surface area contributed by atoms with Gasteiger partial charge in [0.2, 0.25) is 0 Å². The molecular formula is C25H22O2. The molecule has 1 fully saturated rings. The Morgan fingerprint density at radius 1 is 0.926 bits per heavy atom. The van der Waals surface area contributed by atoms with E-state index in [1.54, 1.807) is 0 Å². The summed E-state index contributed by atoms with van der Waals surface area (Å²) in [6, 6.07) is 21.7. The van der Waals surface area contributed by atoms with Crippen LogP contribution in [0.2, 0.25) is 0 Å². The Labute approximate surface area is 160 Å². The van der Waals surface area contributed by atoms with Gasteiger partial charge in [-0.25, -0.2) is 0 Å². The predicted octanol–water partition coefficient (Wildman–Crippen LogP) is 5.43. The number of rotatable bonds is 6. The summed E-state index contributed by atoms with van der Waals surface area (Å²) in [5.74, 6) is 0.970. The molecule has 2 nitrogen and oxygen atoms in total. The first kappa shape index (κ1) is 16.3. The van der Waals surface area contributed by atoms with Crippen LogP contribution >= 0.6 is 0 Å². The molecule has 27 heavy (non-hydrogen) atoms. The Kier molecular flexibility index (Phi) is 4.06. The molecule has 3 aromatic rings. The van der Waals surface area contributed by atoms with Gasteiger partial charge in [0.1, 0.15) is 18.5 Å². The van der Waals surface area contributed by atoms with Gasteiger partial charge in [0, 0.05) is 5.56 Å². The van der Waals surface area contributed by atoms with Crippen LogP contribution in [-0.4, -0.2) is 19.3 Å². The van der Waals surface area contributed by atoms with Crippen LogP contribution in [0.25, 0.3) is 22.3 Å². The van der Waals surface area contributed by atoms with Gasteiger partial charge in [-0.15, -0.1) is 6.58 Å². The number of hydrogen-bond acceptors (Lipinski definition) is 2. The molecule has 134 valence electrons. The smallest absolute Gasteiger partial charge is 0.130 e. The third kappa shape index (κ3) is 2.96. The van der Waals surface area contributed by atoms with Crippen molar-refractivity contribution in [2.75, 3.05) is 13.2 Å². The van der Waals surface area contributed by atoms with E-state index in [2.05, 4.69) is 67.2 Å². The molecule has 0 aromatic heterocycles. The lowest BCUT2D eigenvalue weighted by Crippen LogP contribution is -2.07. The molecule has 1 aliphatic carbocycles. The van der Waals surface area contributed by atoms with Crippen LogP contribution in [0, 0.1) is 0 Å². The average molecular weight is 354 g/mol. The maximum Gasteiger partial charge on any atom is 0.130 e. The van der Waals surface area contributed by atoms with Gasteiger partial charge >= 0.3 is 0 Å². The van der Waals surface area contributed by atoms with Crippen molar-refractivity contribution in [3.05, 3.63) is 90.0 Å². The Balaban J connectivity index is 1.63. The minimum absolute atomic E-state index is 0.236. The maximum atomic E-state index is 6.26. The van der Waals surface area contributed by atoms with Crippen molar-refractivity contribution in [1.29, 1.82) is 0 Å². The van der Waals surface area contributed by atoms with E-state index in [0.29, 0.717) is 6.61 Å². The fourth-order valence-electron chi connectivity index (χ4n) is 4.03. The first-order valence-electron chi connectivity index (χ1n) is 9.53. The fraction of sp³-hybridized carbons (Fsp3) is 0.200. The molecule has 2 heteroatoms. The Morgan fingerprint density at radius 3 is 2.44 bits per heavy atom. The summed E-state index contributed by atoms with van der Waals surface area (Å²) in [7, 11) is 0. The molecule has 1 heterocycles. The van der Waals surface area contributed by atoms with Gasteiger partial charge in [0.05, 0.1) is 6.61 Å². The van der Waals surface area contributed by atoms with Crippen molar-refractivity contribution >= 4 is 0 Å². The second-order valence-corrected chi connectivity index (χ2v) is 7.22. The van der Waals surface area contributed by atoms with Crippen LogP contribution in [0.3, 0.4) is 0 Å². The monoisotopic (exact) mass is 354 g/mol. The van der Waals surface area contributed by atoms with Crippen molar-refractivity contribution in [1.82, 2.24) is 0 Å². The quantitative estimate of drug-likeness (QED) is 0.340. The number of para-hydroxylation sites is 1. The Bertz CT molecular complexity index is 1010. The molecule has 0 saturated carbocycles. The zero-order valence-corrected chi connectivity index (χ0v) is 15.3. The van der Waals surface area contributed by atoms with E-state index in [4.69, 9.17) is 9.47 Å². The molecule has 0 bridgehead atoms. The van der Waals surface area contributed by atoms with Crippen molar-refractivity contribution in [2.45, 2.75) is 18.9 Å². The summed E-state index contributed by atoms with van der Waals surface area (Å²) in [5, 5.41) is 0. The van der Waals surface area contributed by atoms with Gasteiger partial charge in [0.15, 0.2) is 0 Å². The number of hydrogen-bond donors (Lipinski definition) is 0. The summed E-state index contributed by atoms with van der Waals surface area (Å²) in [5.41, 5.74) is 9.09. The SMILES string of the molecule is C=CCc1cccc(-c2cccc3c2Cc2ccccc2-3)c1OCC1CO1. The van der Waals surface area contributed by atoms with E-state index in [0.717, 1.165) is 25.2 Å². The molecule has 0 spiro atoms. The lowest BCUT2D eigenvalue weighted by molar-refractivity contribution is 0.262. The summed E-state index contributed by atoms with van der Waals surface area (Å²) >= 11 is 0. The van der Waals surface area contributed by atoms with Crippen molar-refractivity contribution < 1.29 is 9.47 Å². The second kappa shape index (κ2) is 6.71. The van der Waals surface area contributed by atoms with Crippen molar-refractivity contribution in [2.24, 2.45) is 0 Å². The second-order valence-electron chi connectivity index (χ2n) is 7.22. The summed E-state index contributed by atoms with van der Waals surface area (Å²) in [6.45, 7) is 5.32. The highest BCUT2D eigenvalue weighted by atomic mass is 16.6. The largest absolute Gasteiger partial charge is 0.490 e. The minimum Gasteiger partial charge on any atom is -0.490 e. The highest BCUT2D eigenvalue weighted by molar-refractivity contribution is 5.86. The first-order valence-corrected chi connectivity index (χ1v) is 9.53. The first-order chi connectivity index (χ1) is 13.3. The van der Waals surface area contributed by atoms with E-state index in [9.17, 15) is 0 Å². The van der Waals surface area contributed by atoms with Gasteiger partial charge in [0.25, 0.3) is 0 Å². The van der Waals surface area contributed by atoms with Gasteiger partial charge in [-0.2, -0.15) is 0 Å². The van der Waals surface area contributed by atoms with E-state index in [-0.39, 0.29) is 6.10 Å². The molecule has 3 aromatic carbocycles. The average Bonchev–Trinajstić information content (AvgIpc) is 3.45. The molecule has 0 N–H and O–H groups in total. The lowest BCUT2D eigenvalue weighted by Gasteiger charge is -2.17. The number of ether oxygens (including phenoxy) is 2. The van der Waals surface area contributed by atoms with Crippen LogP contribution in [-0.2, 0) is 17.6 Å². The van der Waals surface area contributed by atoms with Crippen LogP contribution in [0.4, 0.5) is 0 Å². The number of epoxide rings is 1. The fourth-order valence-corrected chi connectivity index (χ4v) is 4.03. The molecule has 0 amide bonds. The standard InChI is InChI=1S/C25H22O2/c1-2-7-17-9-5-13-23(25(17)27-16-19-15-26-19)22-12-6-11-21-20-10-4-3-8-18(20)14-24(21)22/h2-6,8-13,19H,1,7,14-16H2. The Morgan fingerprint density at radius 2 is 1.63 bits per heavy atom. The summed E-state index contributed by atoms with van der Waals surface area (Å²) < 4.78 is 11.6. The summed E-state index contributed by atoms with van der Waals surface area (Å²) in [6.07, 6.45) is 3.94. The Hall–Kier alpha value is -2.84. The van der Waals surface area contributed by atoms with Crippen LogP contribution < -0.4 is 4.74 Å². The lowest BCUT2D eigenvalue weighted by atomic mass is 9.93.